The molecule has 1 aromatic carbocycles. The molecule has 5 nitrogen and oxygen atoms in total. The predicted octanol–water partition coefficient (Wildman–Crippen LogP) is 2.10. The maximum absolute atomic E-state index is 11.8. The van der Waals surface area contributed by atoms with Gasteiger partial charge in [0.2, 0.25) is 0 Å². The zero-order valence-electron chi connectivity index (χ0n) is 10.8. The summed E-state index contributed by atoms with van der Waals surface area (Å²) in [6.07, 6.45) is 2.27. The van der Waals surface area contributed by atoms with Gasteiger partial charge in [-0.3, -0.25) is 4.79 Å². The quantitative estimate of drug-likeness (QED) is 0.844. The molecule has 1 unspecified atom stereocenters. The predicted molar refractivity (Wildman–Crippen MR) is 72.4 cm³/mol. The minimum Gasteiger partial charge on any atom is -0.480 e. The minimum atomic E-state index is -1.05. The Kier molecular flexibility index (Phi) is 4.55. The first-order chi connectivity index (χ1) is 9.66. The van der Waals surface area contributed by atoms with Gasteiger partial charge in [-0.05, 0) is 30.5 Å². The zero-order valence-corrected chi connectivity index (χ0v) is 10.8. The van der Waals surface area contributed by atoms with Crippen LogP contribution in [0.25, 0.3) is 0 Å². The number of carbonyl (C=O) groups is 2. The molecule has 1 heterocycles. The second kappa shape index (κ2) is 6.56. The molecule has 0 saturated heterocycles. The Hall–Kier alpha value is -2.56. The Balaban J connectivity index is 1.94. The van der Waals surface area contributed by atoms with Crippen LogP contribution in [-0.2, 0) is 11.2 Å². The van der Waals surface area contributed by atoms with Crippen LogP contribution in [0.2, 0.25) is 0 Å². The summed E-state index contributed by atoms with van der Waals surface area (Å²) in [5.41, 5.74) is 1.03. The van der Waals surface area contributed by atoms with Crippen molar-refractivity contribution in [3.8, 4) is 0 Å². The maximum atomic E-state index is 11.8. The number of hydrogen-bond donors (Lipinski definition) is 2. The summed E-state index contributed by atoms with van der Waals surface area (Å²) in [7, 11) is 0. The van der Waals surface area contributed by atoms with Crippen LogP contribution in [0.3, 0.4) is 0 Å². The van der Waals surface area contributed by atoms with Gasteiger partial charge < -0.3 is 14.8 Å². The summed E-state index contributed by atoms with van der Waals surface area (Å²) in [5.74, 6) is -1.47. The third kappa shape index (κ3) is 3.71. The largest absolute Gasteiger partial charge is 0.480 e. The van der Waals surface area contributed by atoms with E-state index in [9.17, 15) is 9.59 Å². The monoisotopic (exact) mass is 273 g/mol. The van der Waals surface area contributed by atoms with Gasteiger partial charge in [0.15, 0.2) is 5.76 Å². The van der Waals surface area contributed by atoms with Gasteiger partial charge in [-0.2, -0.15) is 0 Å². The maximum Gasteiger partial charge on any atom is 0.326 e. The van der Waals surface area contributed by atoms with E-state index >= 15 is 0 Å². The Bertz CT molecular complexity index is 563. The molecular weight excluding hydrogens is 258 g/mol. The molecule has 2 rings (SSSR count). The van der Waals surface area contributed by atoms with Crippen LogP contribution >= 0.6 is 0 Å². The second-order valence-corrected chi connectivity index (χ2v) is 4.37. The van der Waals surface area contributed by atoms with Crippen molar-refractivity contribution in [1.82, 2.24) is 5.32 Å². The van der Waals surface area contributed by atoms with Gasteiger partial charge in [-0.1, -0.05) is 30.3 Å². The van der Waals surface area contributed by atoms with Crippen LogP contribution in [-0.4, -0.2) is 23.0 Å². The molecule has 2 N–H and O–H groups in total. The molecule has 0 spiro atoms. The van der Waals surface area contributed by atoms with Gasteiger partial charge in [0.1, 0.15) is 6.04 Å². The second-order valence-electron chi connectivity index (χ2n) is 4.37. The molecule has 0 aliphatic rings. The Labute approximate surface area is 116 Å². The van der Waals surface area contributed by atoms with Gasteiger partial charge in [-0.25, -0.2) is 4.79 Å². The van der Waals surface area contributed by atoms with Crippen molar-refractivity contribution in [3.05, 3.63) is 60.1 Å². The summed E-state index contributed by atoms with van der Waals surface area (Å²) in [6, 6.07) is 11.7. The number of amides is 1. The van der Waals surface area contributed by atoms with Gasteiger partial charge >= 0.3 is 5.97 Å². The highest BCUT2D eigenvalue weighted by Gasteiger charge is 2.21. The third-order valence-corrected chi connectivity index (χ3v) is 2.91. The molecule has 0 saturated carbocycles. The fourth-order valence-corrected chi connectivity index (χ4v) is 1.85. The molecule has 0 radical (unpaired) electrons. The highest BCUT2D eigenvalue weighted by molar-refractivity contribution is 5.94. The lowest BCUT2D eigenvalue weighted by atomic mass is 10.1. The molecule has 0 aliphatic carbocycles. The first-order valence-electron chi connectivity index (χ1n) is 6.28. The number of aryl methyl sites for hydroxylation is 1. The van der Waals surface area contributed by atoms with E-state index in [0.29, 0.717) is 12.8 Å². The molecule has 0 aliphatic heterocycles. The zero-order chi connectivity index (χ0) is 14.4. The topological polar surface area (TPSA) is 79.5 Å². The van der Waals surface area contributed by atoms with Gasteiger partial charge in [0.25, 0.3) is 5.91 Å². The van der Waals surface area contributed by atoms with E-state index in [-0.39, 0.29) is 5.76 Å². The lowest BCUT2D eigenvalue weighted by molar-refractivity contribution is -0.139. The first-order valence-corrected chi connectivity index (χ1v) is 6.28. The number of carboxylic acid groups (broad SMARTS) is 1. The molecule has 2 aromatic rings. The number of hydrogen-bond acceptors (Lipinski definition) is 3. The molecule has 1 atom stereocenters. The average molecular weight is 273 g/mol. The van der Waals surface area contributed by atoms with Crippen LogP contribution < -0.4 is 5.32 Å². The van der Waals surface area contributed by atoms with Gasteiger partial charge in [0, 0.05) is 0 Å². The number of carboxylic acids is 1. The van der Waals surface area contributed by atoms with Gasteiger partial charge in [0.05, 0.1) is 6.26 Å². The van der Waals surface area contributed by atoms with Crippen molar-refractivity contribution in [2.45, 2.75) is 18.9 Å². The van der Waals surface area contributed by atoms with Crippen LogP contribution in [0.1, 0.15) is 22.5 Å². The van der Waals surface area contributed by atoms with Gasteiger partial charge in [-0.15, -0.1) is 0 Å². The number of carbonyl (C=O) groups excluding carboxylic acids is 1. The highest BCUT2D eigenvalue weighted by Crippen LogP contribution is 2.07. The number of benzene rings is 1. The third-order valence-electron chi connectivity index (χ3n) is 2.91. The Morgan fingerprint density at radius 2 is 1.90 bits per heavy atom. The molecule has 104 valence electrons. The summed E-state index contributed by atoms with van der Waals surface area (Å²) < 4.78 is 4.93. The van der Waals surface area contributed by atoms with Crippen molar-refractivity contribution in [2.24, 2.45) is 0 Å². The minimum absolute atomic E-state index is 0.107. The fraction of sp³-hybridized carbons (Fsp3) is 0.200. The van der Waals surface area contributed by atoms with Crippen molar-refractivity contribution in [1.29, 1.82) is 0 Å². The van der Waals surface area contributed by atoms with E-state index < -0.39 is 17.9 Å². The van der Waals surface area contributed by atoms with Crippen LogP contribution in [0.4, 0.5) is 0 Å². The first kappa shape index (κ1) is 13.9. The van der Waals surface area contributed by atoms with Crippen LogP contribution in [0, 0.1) is 0 Å². The average Bonchev–Trinajstić information content (AvgIpc) is 2.98. The Morgan fingerprint density at radius 3 is 2.50 bits per heavy atom. The number of rotatable bonds is 6. The standard InChI is InChI=1S/C15H15NO4/c17-14(13-7-4-10-20-13)16-12(15(18)19)9-8-11-5-2-1-3-6-11/h1-7,10,12H,8-9H2,(H,16,17)(H,18,19). The van der Waals surface area contributed by atoms with E-state index in [0.717, 1.165) is 5.56 Å². The van der Waals surface area contributed by atoms with E-state index in [1.54, 1.807) is 6.07 Å². The summed E-state index contributed by atoms with van der Waals surface area (Å²) >= 11 is 0. The van der Waals surface area contributed by atoms with E-state index in [1.165, 1.54) is 12.3 Å². The summed E-state index contributed by atoms with van der Waals surface area (Å²) in [6.45, 7) is 0. The lowest BCUT2D eigenvalue weighted by Crippen LogP contribution is -2.41. The molecule has 5 heteroatoms. The van der Waals surface area contributed by atoms with Crippen LogP contribution in [0.5, 0.6) is 0 Å². The molecular formula is C15H15NO4. The van der Waals surface area contributed by atoms with E-state index in [4.69, 9.17) is 9.52 Å². The lowest BCUT2D eigenvalue weighted by Gasteiger charge is -2.13. The van der Waals surface area contributed by atoms with Crippen LogP contribution in [0.15, 0.2) is 53.1 Å². The molecule has 0 fully saturated rings. The van der Waals surface area contributed by atoms with Crippen molar-refractivity contribution < 1.29 is 19.1 Å². The summed E-state index contributed by atoms with van der Waals surface area (Å²) in [4.78, 5) is 22.9. The normalized spacial score (nSPS) is 11.8. The van der Waals surface area contributed by atoms with E-state index in [1.807, 2.05) is 30.3 Å². The SMILES string of the molecule is O=C(NC(CCc1ccccc1)C(=O)O)c1ccco1. The van der Waals surface area contributed by atoms with Crippen molar-refractivity contribution in [3.63, 3.8) is 0 Å². The van der Waals surface area contributed by atoms with Crippen molar-refractivity contribution in [2.75, 3.05) is 0 Å². The molecule has 0 bridgehead atoms. The smallest absolute Gasteiger partial charge is 0.326 e. The molecule has 1 aromatic heterocycles. The molecule has 20 heavy (non-hydrogen) atoms. The number of nitrogens with one attached hydrogen (secondary N) is 1. The fourth-order valence-electron chi connectivity index (χ4n) is 1.85. The number of aliphatic carboxylic acids is 1. The Morgan fingerprint density at radius 1 is 1.15 bits per heavy atom. The summed E-state index contributed by atoms with van der Waals surface area (Å²) in [5, 5.41) is 11.6. The highest BCUT2D eigenvalue weighted by atomic mass is 16.4. The molecule has 1 amide bonds. The number of furan rings is 1. The van der Waals surface area contributed by atoms with E-state index in [2.05, 4.69) is 5.32 Å². The van der Waals surface area contributed by atoms with Crippen molar-refractivity contribution >= 4 is 11.9 Å².